The van der Waals surface area contributed by atoms with Crippen LogP contribution in [0.25, 0.3) is 0 Å². The Morgan fingerprint density at radius 3 is 2.66 bits per heavy atom. The van der Waals surface area contributed by atoms with E-state index in [1.54, 1.807) is 12.1 Å². The molecule has 0 radical (unpaired) electrons. The summed E-state index contributed by atoms with van der Waals surface area (Å²) in [6.07, 6.45) is 1.91. The maximum absolute atomic E-state index is 12.1. The molecule has 2 N–H and O–H groups in total. The SMILES string of the molecule is COc1cc(/C=N/NC(=O)CCN2CCN(c3ccccc3)CC2)cc(Br)c1O. The van der Waals surface area contributed by atoms with Gasteiger partial charge in [-0.3, -0.25) is 9.69 Å². The van der Waals surface area contributed by atoms with Gasteiger partial charge in [0.05, 0.1) is 17.8 Å². The normalized spacial score (nSPS) is 14.9. The summed E-state index contributed by atoms with van der Waals surface area (Å²) < 4.78 is 5.60. The van der Waals surface area contributed by atoms with Crippen molar-refractivity contribution < 1.29 is 14.6 Å². The molecule has 154 valence electrons. The van der Waals surface area contributed by atoms with Gasteiger partial charge in [0, 0.05) is 44.8 Å². The van der Waals surface area contributed by atoms with E-state index in [0.29, 0.717) is 28.8 Å². The molecule has 1 saturated heterocycles. The number of piperazine rings is 1. The zero-order chi connectivity index (χ0) is 20.6. The number of nitrogens with one attached hydrogen (secondary N) is 1. The number of phenols is 1. The van der Waals surface area contributed by atoms with Crippen LogP contribution < -0.4 is 15.1 Å². The molecule has 1 aliphatic heterocycles. The Hall–Kier alpha value is -2.58. The monoisotopic (exact) mass is 460 g/mol. The lowest BCUT2D eigenvalue weighted by Crippen LogP contribution is -2.47. The molecule has 0 aliphatic carbocycles. The fourth-order valence-electron chi connectivity index (χ4n) is 3.19. The molecular formula is C21H25BrN4O3. The third-order valence-corrected chi connectivity index (χ3v) is 5.43. The van der Waals surface area contributed by atoms with Crippen LogP contribution in [0.5, 0.6) is 11.5 Å². The zero-order valence-corrected chi connectivity index (χ0v) is 17.9. The Bertz CT molecular complexity index is 853. The molecule has 1 heterocycles. The molecule has 0 unspecified atom stereocenters. The standard InChI is InChI=1S/C21H25BrN4O3/c1-29-19-14-16(13-18(22)21(19)28)15-23-24-20(27)7-8-25-9-11-26(12-10-25)17-5-3-2-4-6-17/h2-6,13-15,28H,7-12H2,1H3,(H,24,27)/b23-15+. The number of phenolic OH excluding ortho intramolecular Hbond substituents is 1. The lowest BCUT2D eigenvalue weighted by Gasteiger charge is -2.36. The zero-order valence-electron chi connectivity index (χ0n) is 16.3. The van der Waals surface area contributed by atoms with Gasteiger partial charge in [-0.2, -0.15) is 5.10 Å². The number of aromatic hydroxyl groups is 1. The van der Waals surface area contributed by atoms with Crippen LogP contribution >= 0.6 is 15.9 Å². The van der Waals surface area contributed by atoms with Crippen LogP contribution in [0.1, 0.15) is 12.0 Å². The van der Waals surface area contributed by atoms with Gasteiger partial charge in [0.25, 0.3) is 0 Å². The van der Waals surface area contributed by atoms with Gasteiger partial charge >= 0.3 is 0 Å². The third kappa shape index (κ3) is 5.95. The van der Waals surface area contributed by atoms with Crippen molar-refractivity contribution >= 4 is 33.7 Å². The predicted octanol–water partition coefficient (Wildman–Crippen LogP) is 2.83. The van der Waals surface area contributed by atoms with E-state index in [2.05, 4.69) is 60.5 Å². The summed E-state index contributed by atoms with van der Waals surface area (Å²) >= 11 is 3.26. The molecule has 0 saturated carbocycles. The Morgan fingerprint density at radius 1 is 1.24 bits per heavy atom. The molecule has 2 aromatic rings. The van der Waals surface area contributed by atoms with Gasteiger partial charge in [-0.25, -0.2) is 5.43 Å². The van der Waals surface area contributed by atoms with E-state index >= 15 is 0 Å². The number of benzene rings is 2. The molecule has 3 rings (SSSR count). The number of hydrogen-bond acceptors (Lipinski definition) is 6. The average molecular weight is 461 g/mol. The first kappa shape index (κ1) is 21.1. The lowest BCUT2D eigenvalue weighted by molar-refractivity contribution is -0.121. The summed E-state index contributed by atoms with van der Waals surface area (Å²) in [5.74, 6) is 0.236. The largest absolute Gasteiger partial charge is 0.503 e. The minimum atomic E-state index is -0.128. The van der Waals surface area contributed by atoms with Crippen molar-refractivity contribution in [3.63, 3.8) is 0 Å². The maximum Gasteiger partial charge on any atom is 0.241 e. The number of hydrogen-bond donors (Lipinski definition) is 2. The molecule has 1 amide bonds. The van der Waals surface area contributed by atoms with Gasteiger partial charge in [0.15, 0.2) is 11.5 Å². The van der Waals surface area contributed by atoms with Crippen LogP contribution in [0.4, 0.5) is 5.69 Å². The van der Waals surface area contributed by atoms with Crippen LogP contribution in [-0.4, -0.2) is 62.0 Å². The fraction of sp³-hybridized carbons (Fsp3) is 0.333. The second-order valence-corrected chi connectivity index (χ2v) is 7.62. The molecule has 1 aliphatic rings. The van der Waals surface area contributed by atoms with Crippen LogP contribution in [0.2, 0.25) is 0 Å². The van der Waals surface area contributed by atoms with Crippen molar-refractivity contribution in [3.8, 4) is 11.5 Å². The van der Waals surface area contributed by atoms with Gasteiger partial charge in [0.1, 0.15) is 0 Å². The molecule has 0 aromatic heterocycles. The number of anilines is 1. The Balaban J connectivity index is 1.41. The minimum Gasteiger partial charge on any atom is -0.503 e. The highest BCUT2D eigenvalue weighted by molar-refractivity contribution is 9.10. The molecule has 0 spiro atoms. The van der Waals surface area contributed by atoms with E-state index in [-0.39, 0.29) is 11.7 Å². The third-order valence-electron chi connectivity index (χ3n) is 4.82. The lowest BCUT2D eigenvalue weighted by atomic mass is 10.2. The number of ether oxygens (including phenoxy) is 1. The van der Waals surface area contributed by atoms with Crippen LogP contribution in [-0.2, 0) is 4.79 Å². The van der Waals surface area contributed by atoms with Crippen molar-refractivity contribution in [1.29, 1.82) is 0 Å². The van der Waals surface area contributed by atoms with E-state index in [0.717, 1.165) is 26.2 Å². The molecule has 0 atom stereocenters. The van der Waals surface area contributed by atoms with Crippen molar-refractivity contribution in [2.45, 2.75) is 6.42 Å². The Morgan fingerprint density at radius 2 is 1.97 bits per heavy atom. The van der Waals surface area contributed by atoms with Crippen molar-refractivity contribution in [2.75, 3.05) is 44.7 Å². The second-order valence-electron chi connectivity index (χ2n) is 6.76. The highest BCUT2D eigenvalue weighted by atomic mass is 79.9. The van der Waals surface area contributed by atoms with E-state index in [4.69, 9.17) is 4.74 Å². The quantitative estimate of drug-likeness (QED) is 0.490. The number of rotatable bonds is 7. The van der Waals surface area contributed by atoms with E-state index in [9.17, 15) is 9.90 Å². The second kappa shape index (κ2) is 10.3. The molecule has 29 heavy (non-hydrogen) atoms. The summed E-state index contributed by atoms with van der Waals surface area (Å²) in [5.41, 5.74) is 4.50. The maximum atomic E-state index is 12.1. The number of carbonyl (C=O) groups excluding carboxylic acids is 1. The molecular weight excluding hydrogens is 436 g/mol. The molecule has 7 nitrogen and oxygen atoms in total. The first-order valence-electron chi connectivity index (χ1n) is 9.47. The van der Waals surface area contributed by atoms with Crippen LogP contribution in [0.15, 0.2) is 52.0 Å². The highest BCUT2D eigenvalue weighted by Crippen LogP contribution is 2.34. The molecule has 2 aromatic carbocycles. The number of methoxy groups -OCH3 is 1. The molecule has 8 heteroatoms. The molecule has 1 fully saturated rings. The average Bonchev–Trinajstić information content (AvgIpc) is 2.75. The van der Waals surface area contributed by atoms with E-state index in [1.165, 1.54) is 19.0 Å². The Kier molecular flexibility index (Phi) is 7.48. The number of amides is 1. The van der Waals surface area contributed by atoms with E-state index in [1.807, 2.05) is 6.07 Å². The van der Waals surface area contributed by atoms with E-state index < -0.39 is 0 Å². The fourth-order valence-corrected chi connectivity index (χ4v) is 3.65. The number of carbonyl (C=O) groups is 1. The van der Waals surface area contributed by atoms with Crippen molar-refractivity contribution in [3.05, 3.63) is 52.5 Å². The van der Waals surface area contributed by atoms with Crippen LogP contribution in [0, 0.1) is 0 Å². The summed E-state index contributed by atoms with van der Waals surface area (Å²) in [6.45, 7) is 4.50. The first-order chi connectivity index (χ1) is 14.1. The number of para-hydroxylation sites is 1. The van der Waals surface area contributed by atoms with Gasteiger partial charge in [0.2, 0.25) is 5.91 Å². The smallest absolute Gasteiger partial charge is 0.241 e. The van der Waals surface area contributed by atoms with Gasteiger partial charge in [-0.1, -0.05) is 18.2 Å². The van der Waals surface area contributed by atoms with Gasteiger partial charge < -0.3 is 14.7 Å². The number of hydrazone groups is 1. The topological polar surface area (TPSA) is 77.4 Å². The van der Waals surface area contributed by atoms with Crippen LogP contribution in [0.3, 0.4) is 0 Å². The van der Waals surface area contributed by atoms with Crippen molar-refractivity contribution in [1.82, 2.24) is 10.3 Å². The number of halogens is 1. The Labute approximate surface area is 179 Å². The summed E-state index contributed by atoms with van der Waals surface area (Å²) in [5, 5.41) is 13.8. The highest BCUT2D eigenvalue weighted by Gasteiger charge is 2.17. The summed E-state index contributed by atoms with van der Waals surface area (Å²) in [7, 11) is 1.48. The minimum absolute atomic E-state index is 0.0287. The van der Waals surface area contributed by atoms with Gasteiger partial charge in [-0.05, 0) is 45.8 Å². The number of nitrogens with zero attached hydrogens (tertiary/aromatic N) is 3. The summed E-state index contributed by atoms with van der Waals surface area (Å²) in [4.78, 5) is 16.7. The van der Waals surface area contributed by atoms with Crippen molar-refractivity contribution in [2.24, 2.45) is 5.10 Å². The summed E-state index contributed by atoms with van der Waals surface area (Å²) in [6, 6.07) is 13.7. The first-order valence-corrected chi connectivity index (χ1v) is 10.3. The van der Waals surface area contributed by atoms with Gasteiger partial charge in [-0.15, -0.1) is 0 Å². The predicted molar refractivity (Wildman–Crippen MR) is 118 cm³/mol. The molecule has 0 bridgehead atoms.